The zero-order valence-electron chi connectivity index (χ0n) is 36.7. The number of rotatable bonds is 24. The third-order valence-electron chi connectivity index (χ3n) is 8.10. The van der Waals surface area contributed by atoms with E-state index >= 15 is 0 Å². The van der Waals surface area contributed by atoms with E-state index in [9.17, 15) is 79.2 Å². The molecule has 4 amide bonds. The van der Waals surface area contributed by atoms with Crippen LogP contribution in [0.2, 0.25) is 0 Å². The van der Waals surface area contributed by atoms with Gasteiger partial charge in [-0.1, -0.05) is 55.4 Å². The fraction of sp³-hybridized carbons (Fsp3) is 0.778. The minimum absolute atomic E-state index is 0. The summed E-state index contributed by atoms with van der Waals surface area (Å²) in [4.78, 5) is 85.1. The monoisotopic (exact) mass is 952 g/mol. The van der Waals surface area contributed by atoms with Crippen molar-refractivity contribution in [3.63, 3.8) is 0 Å². The van der Waals surface area contributed by atoms with Crippen LogP contribution in [0.5, 0.6) is 0 Å². The Labute approximate surface area is 420 Å². The van der Waals surface area contributed by atoms with Crippen LogP contribution in [-0.2, 0) is 38.4 Å². The van der Waals surface area contributed by atoms with E-state index in [1.807, 2.05) is 0 Å². The van der Waals surface area contributed by atoms with Gasteiger partial charge in [-0.25, -0.2) is 0 Å². The fourth-order valence-electron chi connectivity index (χ4n) is 3.30. The summed E-state index contributed by atoms with van der Waals surface area (Å²) < 4.78 is 0. The molecule has 0 aliphatic heterocycles. The van der Waals surface area contributed by atoms with Crippen molar-refractivity contribution >= 4 is 123 Å². The van der Waals surface area contributed by atoms with Gasteiger partial charge >= 0.3 is 75.5 Å². The maximum Gasteiger partial charge on any atom is 2.00 e. The Morgan fingerprint density at radius 3 is 0.597 bits per heavy atom. The molecule has 0 fully saturated rings. The number of carbonyl (C=O) groups excluding carboxylic acids is 8. The summed E-state index contributed by atoms with van der Waals surface area (Å²) in [6.45, 7) is 10.4. The number of carboxylic acids is 4. The molecule has 0 radical (unpaired) electrons. The number of hydrogen-bond donors (Lipinski definition) is 12. The summed E-state index contributed by atoms with van der Waals surface area (Å²) in [5.41, 5.74) is -3.81. The molecule has 0 saturated heterocycles. The number of carbonyl (C=O) groups is 8. The second-order valence-electron chi connectivity index (χ2n) is 15.8. The van der Waals surface area contributed by atoms with Crippen LogP contribution in [0.1, 0.15) is 81.1 Å². The standard InChI is InChI=1S/4C9H17NO5.2Ca/c4*1-9(2,5-11)7(14)8(15)10-4-3-6(12)13;;/h4*7,11,14H,3-5H2,1-2H3,(H,10,15)(H,12,13);;/q;;;;2*+2/p-4/t4*7-;;/m1111../s1. The van der Waals surface area contributed by atoms with Crippen LogP contribution in [0.3, 0.4) is 0 Å². The summed E-state index contributed by atoms with van der Waals surface area (Å²) in [7, 11) is 0. The van der Waals surface area contributed by atoms with Gasteiger partial charge < -0.3 is 102 Å². The van der Waals surface area contributed by atoms with Gasteiger partial charge in [0.05, 0.1) is 26.4 Å². The Morgan fingerprint density at radius 2 is 0.500 bits per heavy atom. The first-order valence-electron chi connectivity index (χ1n) is 18.3. The number of hydrogen-bond acceptors (Lipinski definition) is 20. The average molecular weight is 953 g/mol. The van der Waals surface area contributed by atoms with Crippen molar-refractivity contribution in [3.05, 3.63) is 0 Å². The molecule has 0 aliphatic carbocycles. The Balaban J connectivity index is -0.000000167. The topological polar surface area (TPSA) is 439 Å². The molecule has 352 valence electrons. The molecule has 24 nitrogen and oxygen atoms in total. The zero-order chi connectivity index (χ0) is 48.2. The Morgan fingerprint density at radius 1 is 0.371 bits per heavy atom. The Bertz CT molecular complexity index is 1170. The van der Waals surface area contributed by atoms with Crippen molar-refractivity contribution in [2.24, 2.45) is 21.7 Å². The number of aliphatic hydroxyl groups excluding tert-OH is 8. The third kappa shape index (κ3) is 34.4. The van der Waals surface area contributed by atoms with Crippen LogP contribution < -0.4 is 41.7 Å². The minimum atomic E-state index is -1.37. The third-order valence-corrected chi connectivity index (χ3v) is 8.10. The number of aliphatic hydroxyl groups is 8. The first kappa shape index (κ1) is 71.6. The van der Waals surface area contributed by atoms with Crippen LogP contribution in [0, 0.1) is 21.7 Å². The molecular formula is C36H64Ca2N4O20. The number of aliphatic carboxylic acids is 4. The van der Waals surface area contributed by atoms with Crippen LogP contribution >= 0.6 is 0 Å². The first-order valence-corrected chi connectivity index (χ1v) is 18.3. The molecule has 62 heavy (non-hydrogen) atoms. The summed E-state index contributed by atoms with van der Waals surface area (Å²) in [5, 5.41) is 123. The van der Waals surface area contributed by atoms with E-state index in [-0.39, 0.29) is 154 Å². The fourth-order valence-corrected chi connectivity index (χ4v) is 3.30. The van der Waals surface area contributed by atoms with Crippen LogP contribution in [0.25, 0.3) is 0 Å². The van der Waals surface area contributed by atoms with Crippen molar-refractivity contribution in [3.8, 4) is 0 Å². The summed E-state index contributed by atoms with van der Waals surface area (Å²) in [6, 6.07) is 0. The molecule has 12 N–H and O–H groups in total. The molecule has 0 rings (SSSR count). The molecule has 0 heterocycles. The van der Waals surface area contributed by atoms with Gasteiger partial charge in [-0.3, -0.25) is 19.2 Å². The van der Waals surface area contributed by atoms with Crippen molar-refractivity contribution in [1.82, 2.24) is 21.3 Å². The van der Waals surface area contributed by atoms with Crippen LogP contribution in [0.4, 0.5) is 0 Å². The van der Waals surface area contributed by atoms with Crippen LogP contribution in [0.15, 0.2) is 0 Å². The van der Waals surface area contributed by atoms with Crippen molar-refractivity contribution in [2.45, 2.75) is 105 Å². The largest absolute Gasteiger partial charge is 2.00 e. The maximum atomic E-state index is 11.2. The SMILES string of the molecule is CC(C)(CO)[C@H](O)C(=O)NCCC(=O)[O-].CC(C)(CO)[C@H](O)C(=O)NCCC(=O)[O-].CC(C)(CO)[C@H](O)C(=O)NCCC(=O)[O-].CC(C)(CO)[C@H](O)C(=O)NCCC(=O)[O-].[Ca+2].[Ca+2]. The first-order chi connectivity index (χ1) is 27.2. The zero-order valence-corrected chi connectivity index (χ0v) is 41.1. The predicted octanol–water partition coefficient (Wildman–Crippen LogP) is -10.3. The van der Waals surface area contributed by atoms with Gasteiger partial charge in [-0.15, -0.1) is 0 Å². The molecule has 4 atom stereocenters. The summed E-state index contributed by atoms with van der Waals surface area (Å²) >= 11 is 0. The van der Waals surface area contributed by atoms with E-state index in [0.29, 0.717) is 0 Å². The quantitative estimate of drug-likeness (QED) is 0.0400. The van der Waals surface area contributed by atoms with Gasteiger partial charge in [0.15, 0.2) is 0 Å². The maximum absolute atomic E-state index is 11.2. The second-order valence-corrected chi connectivity index (χ2v) is 15.8. The average Bonchev–Trinajstić information content (AvgIpc) is 3.16. The van der Waals surface area contributed by atoms with Crippen molar-refractivity contribution in [2.75, 3.05) is 52.6 Å². The molecule has 0 aromatic carbocycles. The molecule has 0 aromatic heterocycles. The van der Waals surface area contributed by atoms with E-state index in [1.165, 1.54) is 55.4 Å². The van der Waals surface area contributed by atoms with E-state index in [1.54, 1.807) is 0 Å². The number of carboxylic acid groups (broad SMARTS) is 4. The van der Waals surface area contributed by atoms with E-state index in [0.717, 1.165) is 0 Å². The summed E-state index contributed by atoms with van der Waals surface area (Å²) in [6.07, 6.45) is -6.71. The summed E-state index contributed by atoms with van der Waals surface area (Å²) in [5.74, 6) is -7.88. The second kappa shape index (κ2) is 36.2. The van der Waals surface area contributed by atoms with Gasteiger partial charge in [0.1, 0.15) is 24.4 Å². The van der Waals surface area contributed by atoms with Crippen molar-refractivity contribution in [1.29, 1.82) is 0 Å². The molecule has 0 aromatic rings. The van der Waals surface area contributed by atoms with Gasteiger partial charge in [0.25, 0.3) is 0 Å². The van der Waals surface area contributed by atoms with Gasteiger partial charge in [0, 0.05) is 97.4 Å². The van der Waals surface area contributed by atoms with Gasteiger partial charge in [-0.05, 0) is 0 Å². The molecule has 0 saturated carbocycles. The number of nitrogens with one attached hydrogen (secondary N) is 4. The predicted molar refractivity (Wildman–Crippen MR) is 210 cm³/mol. The molecule has 26 heteroatoms. The van der Waals surface area contributed by atoms with Crippen molar-refractivity contribution < 1.29 is 99.6 Å². The molecule has 0 unspecified atom stereocenters. The van der Waals surface area contributed by atoms with E-state index < -0.39 is 93.6 Å². The number of amides is 4. The van der Waals surface area contributed by atoms with Crippen LogP contribution in [-0.4, -0.2) is 241 Å². The van der Waals surface area contributed by atoms with E-state index in [2.05, 4.69) is 21.3 Å². The van der Waals surface area contributed by atoms with Gasteiger partial charge in [-0.2, -0.15) is 0 Å². The minimum Gasteiger partial charge on any atom is -0.550 e. The Hall–Kier alpha value is -2.04. The smallest absolute Gasteiger partial charge is 0.550 e. The van der Waals surface area contributed by atoms with Gasteiger partial charge in [0.2, 0.25) is 23.6 Å². The molecule has 0 aliphatic rings. The molecule has 0 spiro atoms. The molecule has 0 bridgehead atoms. The normalized spacial score (nSPS) is 12.9. The Kier molecular flexibility index (Phi) is 41.8. The molecular weight excluding hydrogens is 889 g/mol. The van der Waals surface area contributed by atoms with E-state index in [4.69, 9.17) is 20.4 Å².